The second kappa shape index (κ2) is 13.3. The van der Waals surface area contributed by atoms with Crippen LogP contribution in [-0.4, -0.2) is 6.61 Å². The first-order valence-electron chi connectivity index (χ1n) is 15.1. The summed E-state index contributed by atoms with van der Waals surface area (Å²) in [4.78, 5) is 0. The van der Waals surface area contributed by atoms with E-state index in [0.717, 1.165) is 41.6 Å². The molecule has 3 aliphatic rings. The number of unbranched alkanes of at least 4 members (excludes halogenated alkanes) is 4. The van der Waals surface area contributed by atoms with Gasteiger partial charge in [-0.1, -0.05) is 71.3 Å². The van der Waals surface area contributed by atoms with Gasteiger partial charge in [-0.3, -0.25) is 0 Å². The van der Waals surface area contributed by atoms with Gasteiger partial charge in [0, 0.05) is 6.07 Å². The highest BCUT2D eigenvalue weighted by molar-refractivity contribution is 5.31. The Balaban J connectivity index is 1.20. The van der Waals surface area contributed by atoms with Crippen LogP contribution in [0.5, 0.6) is 5.75 Å². The summed E-state index contributed by atoms with van der Waals surface area (Å²) in [6.45, 7) is 5.05. The molecule has 0 bridgehead atoms. The van der Waals surface area contributed by atoms with E-state index in [4.69, 9.17) is 4.74 Å². The van der Waals surface area contributed by atoms with E-state index in [9.17, 15) is 4.39 Å². The van der Waals surface area contributed by atoms with E-state index >= 15 is 0 Å². The Bertz CT molecular complexity index is 722. The number of rotatable bonds is 11. The lowest BCUT2D eigenvalue weighted by Gasteiger charge is -2.45. The maximum Gasteiger partial charge on any atom is 0.130 e. The summed E-state index contributed by atoms with van der Waals surface area (Å²) in [6.07, 6.45) is 23.6. The van der Waals surface area contributed by atoms with Crippen LogP contribution in [0.1, 0.15) is 134 Å². The molecule has 1 aromatic rings. The maximum atomic E-state index is 14.9. The van der Waals surface area contributed by atoms with Crippen molar-refractivity contribution in [3.63, 3.8) is 0 Å². The molecule has 0 saturated heterocycles. The molecule has 3 saturated carbocycles. The van der Waals surface area contributed by atoms with Gasteiger partial charge in [0.25, 0.3) is 0 Å². The summed E-state index contributed by atoms with van der Waals surface area (Å²) in [7, 11) is 0. The molecule has 34 heavy (non-hydrogen) atoms. The van der Waals surface area contributed by atoms with Crippen LogP contribution in [0.2, 0.25) is 0 Å². The smallest absolute Gasteiger partial charge is 0.130 e. The lowest BCUT2D eigenvalue weighted by molar-refractivity contribution is 0.0706. The molecule has 0 aliphatic heterocycles. The Morgan fingerprint density at radius 2 is 1.41 bits per heavy atom. The fourth-order valence-electron chi connectivity index (χ4n) is 7.77. The largest absolute Gasteiger partial charge is 0.494 e. The van der Waals surface area contributed by atoms with Crippen molar-refractivity contribution in [1.82, 2.24) is 0 Å². The van der Waals surface area contributed by atoms with E-state index < -0.39 is 0 Å². The molecule has 4 rings (SSSR count). The van der Waals surface area contributed by atoms with Gasteiger partial charge >= 0.3 is 0 Å². The molecule has 2 heteroatoms. The summed E-state index contributed by atoms with van der Waals surface area (Å²) >= 11 is 0. The average molecular weight is 471 g/mol. The van der Waals surface area contributed by atoms with Crippen molar-refractivity contribution < 1.29 is 9.13 Å². The highest BCUT2D eigenvalue weighted by Crippen LogP contribution is 2.51. The fourth-order valence-corrected chi connectivity index (χ4v) is 7.77. The van der Waals surface area contributed by atoms with E-state index in [1.807, 2.05) is 12.1 Å². The molecule has 1 nitrogen and oxygen atoms in total. The molecule has 4 unspecified atom stereocenters. The van der Waals surface area contributed by atoms with Gasteiger partial charge < -0.3 is 4.74 Å². The van der Waals surface area contributed by atoms with Crippen LogP contribution in [0.3, 0.4) is 0 Å². The van der Waals surface area contributed by atoms with Crippen LogP contribution in [-0.2, 0) is 0 Å². The van der Waals surface area contributed by atoms with Crippen LogP contribution in [0.25, 0.3) is 0 Å². The fraction of sp³-hybridized carbons (Fsp3) is 0.812. The lowest BCUT2D eigenvalue weighted by Crippen LogP contribution is -2.34. The highest BCUT2D eigenvalue weighted by Gasteiger charge is 2.39. The molecular formula is C32H51FO. The topological polar surface area (TPSA) is 9.23 Å². The van der Waals surface area contributed by atoms with E-state index in [1.54, 1.807) is 6.07 Å². The van der Waals surface area contributed by atoms with Crippen LogP contribution in [0.15, 0.2) is 18.2 Å². The van der Waals surface area contributed by atoms with E-state index in [0.29, 0.717) is 18.3 Å². The van der Waals surface area contributed by atoms with E-state index in [1.165, 1.54) is 103 Å². The van der Waals surface area contributed by atoms with Crippen molar-refractivity contribution in [3.05, 3.63) is 29.6 Å². The first kappa shape index (κ1) is 26.0. The minimum Gasteiger partial charge on any atom is -0.494 e. The van der Waals surface area contributed by atoms with Crippen molar-refractivity contribution in [3.8, 4) is 5.75 Å². The molecule has 0 spiro atoms. The summed E-state index contributed by atoms with van der Waals surface area (Å²) in [5, 5.41) is 0. The number of fused-ring (bicyclic) bond motifs is 1. The molecule has 192 valence electrons. The Morgan fingerprint density at radius 3 is 2.15 bits per heavy atom. The van der Waals surface area contributed by atoms with Gasteiger partial charge in [0.05, 0.1) is 6.61 Å². The first-order chi connectivity index (χ1) is 16.7. The van der Waals surface area contributed by atoms with E-state index in [2.05, 4.69) is 13.8 Å². The Morgan fingerprint density at radius 1 is 0.735 bits per heavy atom. The van der Waals surface area contributed by atoms with Crippen LogP contribution in [0.4, 0.5) is 4.39 Å². The zero-order valence-electron chi connectivity index (χ0n) is 22.2. The predicted octanol–water partition coefficient (Wildman–Crippen LogP) is 10.1. The third-order valence-corrected chi connectivity index (χ3v) is 9.81. The number of hydrogen-bond acceptors (Lipinski definition) is 1. The van der Waals surface area contributed by atoms with Crippen molar-refractivity contribution in [1.29, 1.82) is 0 Å². The minimum atomic E-state index is -0.0483. The average Bonchev–Trinajstić information content (AvgIpc) is 2.87. The zero-order valence-corrected chi connectivity index (χ0v) is 22.2. The normalized spacial score (nSPS) is 31.7. The Kier molecular flexibility index (Phi) is 10.2. The lowest BCUT2D eigenvalue weighted by atomic mass is 9.60. The molecule has 0 heterocycles. The number of benzene rings is 1. The van der Waals surface area contributed by atoms with Gasteiger partial charge in [-0.2, -0.15) is 0 Å². The second-order valence-corrected chi connectivity index (χ2v) is 12.1. The van der Waals surface area contributed by atoms with Crippen molar-refractivity contribution in [2.24, 2.45) is 29.6 Å². The molecule has 0 radical (unpaired) electrons. The highest BCUT2D eigenvalue weighted by atomic mass is 19.1. The van der Waals surface area contributed by atoms with Crippen LogP contribution < -0.4 is 4.74 Å². The minimum absolute atomic E-state index is 0.0483. The predicted molar refractivity (Wildman–Crippen MR) is 142 cm³/mol. The van der Waals surface area contributed by atoms with Gasteiger partial charge in [-0.05, 0) is 105 Å². The van der Waals surface area contributed by atoms with Gasteiger partial charge in [0.2, 0.25) is 0 Å². The van der Waals surface area contributed by atoms with Gasteiger partial charge in [0.1, 0.15) is 11.6 Å². The van der Waals surface area contributed by atoms with Crippen molar-refractivity contribution in [2.75, 3.05) is 6.61 Å². The SMILES string of the molecule is CCCCCCCC1CCC(C2CCC3CC(c4ccc(OCCC)cc4F)CCC3C2)CC1. The third-order valence-electron chi connectivity index (χ3n) is 9.81. The number of hydrogen-bond donors (Lipinski definition) is 0. The van der Waals surface area contributed by atoms with Gasteiger partial charge in [-0.15, -0.1) is 0 Å². The Hall–Kier alpha value is -1.05. The van der Waals surface area contributed by atoms with Crippen LogP contribution >= 0.6 is 0 Å². The summed E-state index contributed by atoms with van der Waals surface area (Å²) in [6, 6.07) is 5.62. The standard InChI is InChI=1S/C32H51FO/c1-3-5-6-7-8-9-24-10-12-25(13-11-24)26-14-15-28-22-29(17-16-27(28)21-26)31-19-18-30(23-32(31)33)34-20-4-2/h18-19,23-29H,3-17,20-22H2,1-2H3. The molecule has 3 aliphatic carbocycles. The second-order valence-electron chi connectivity index (χ2n) is 12.1. The van der Waals surface area contributed by atoms with Gasteiger partial charge in [-0.25, -0.2) is 4.39 Å². The quantitative estimate of drug-likeness (QED) is 0.292. The monoisotopic (exact) mass is 470 g/mol. The van der Waals surface area contributed by atoms with Crippen molar-refractivity contribution >= 4 is 0 Å². The zero-order chi connectivity index (χ0) is 23.8. The summed E-state index contributed by atoms with van der Waals surface area (Å²) < 4.78 is 20.5. The molecule has 0 aromatic heterocycles. The van der Waals surface area contributed by atoms with Gasteiger partial charge in [0.15, 0.2) is 0 Å². The van der Waals surface area contributed by atoms with Crippen LogP contribution in [0, 0.1) is 35.4 Å². The maximum absolute atomic E-state index is 14.9. The van der Waals surface area contributed by atoms with Crippen molar-refractivity contribution in [2.45, 2.75) is 129 Å². The summed E-state index contributed by atoms with van der Waals surface area (Å²) in [5.74, 6) is 5.78. The molecule has 0 N–H and O–H groups in total. The van der Waals surface area contributed by atoms with E-state index in [-0.39, 0.29) is 5.82 Å². The summed E-state index contributed by atoms with van der Waals surface area (Å²) in [5.41, 5.74) is 0.942. The third kappa shape index (κ3) is 7.01. The molecule has 0 amide bonds. The first-order valence-corrected chi connectivity index (χ1v) is 15.1. The molecular weight excluding hydrogens is 419 g/mol. The molecule has 3 fully saturated rings. The number of halogens is 1. The Labute approximate surface area is 209 Å². The molecule has 1 aromatic carbocycles. The molecule has 4 atom stereocenters. The number of ether oxygens (including phenoxy) is 1.